The van der Waals surface area contributed by atoms with E-state index in [1.165, 1.54) is 39.1 Å². The summed E-state index contributed by atoms with van der Waals surface area (Å²) in [6.45, 7) is 4.76. The molecule has 1 atom stereocenters. The van der Waals surface area contributed by atoms with Crippen molar-refractivity contribution >= 4 is 17.6 Å². The Kier molecular flexibility index (Phi) is 4.96. The smallest absolute Gasteiger partial charge is 0.234 e. The highest BCUT2D eigenvalue weighted by Gasteiger charge is 2.50. The summed E-state index contributed by atoms with van der Waals surface area (Å²) in [7, 11) is 0. The van der Waals surface area contributed by atoms with Crippen LogP contribution in [0.2, 0.25) is 0 Å². The van der Waals surface area contributed by atoms with Gasteiger partial charge >= 0.3 is 0 Å². The van der Waals surface area contributed by atoms with Crippen LogP contribution < -0.4 is 4.90 Å². The van der Waals surface area contributed by atoms with Gasteiger partial charge in [-0.25, -0.2) is 4.98 Å². The number of benzene rings is 4. The standard InChI is InChI=1S/C36H28N4/c1-36(2)29-21-25-17-10-12-20-28(25)32(29)40(30-22-26-18-9-11-19-27(26)31(30)36)35-38-33(23-13-5-3-6-14-23)37-34(39-35)24-15-7-4-8-16-24/h3-21,32H,22H2,1-2H3. The summed E-state index contributed by atoms with van der Waals surface area (Å²) in [5.74, 6) is 2.06. The van der Waals surface area contributed by atoms with Crippen LogP contribution in [-0.2, 0) is 6.42 Å². The number of nitrogens with zero attached hydrogens (tertiary/aromatic N) is 4. The summed E-state index contributed by atoms with van der Waals surface area (Å²) in [5, 5.41) is 0. The molecule has 192 valence electrons. The third-order valence-corrected chi connectivity index (χ3v) is 8.63. The fourth-order valence-electron chi connectivity index (χ4n) is 6.79. The molecule has 2 aliphatic carbocycles. The molecule has 1 aromatic heterocycles. The first-order valence-electron chi connectivity index (χ1n) is 13.9. The van der Waals surface area contributed by atoms with Crippen LogP contribution >= 0.6 is 0 Å². The van der Waals surface area contributed by atoms with Gasteiger partial charge in [0.2, 0.25) is 5.95 Å². The molecule has 0 amide bonds. The minimum atomic E-state index is -0.139. The maximum absolute atomic E-state index is 5.20. The van der Waals surface area contributed by atoms with E-state index in [4.69, 9.17) is 15.0 Å². The molecule has 0 spiro atoms. The van der Waals surface area contributed by atoms with Crippen LogP contribution in [0.15, 0.2) is 120 Å². The summed E-state index contributed by atoms with van der Waals surface area (Å²) in [6.07, 6.45) is 3.25. The maximum atomic E-state index is 5.20. The van der Waals surface area contributed by atoms with E-state index < -0.39 is 0 Å². The highest BCUT2D eigenvalue weighted by Crippen LogP contribution is 2.61. The number of anilines is 1. The second-order valence-electron chi connectivity index (χ2n) is 11.3. The van der Waals surface area contributed by atoms with Crippen molar-refractivity contribution in [2.45, 2.75) is 26.3 Å². The molecule has 4 heteroatoms. The highest BCUT2D eigenvalue weighted by atomic mass is 15.3. The minimum Gasteiger partial charge on any atom is -0.302 e. The number of allylic oxidation sites excluding steroid dienone is 2. The van der Waals surface area contributed by atoms with Crippen molar-refractivity contribution in [1.82, 2.24) is 15.0 Å². The Balaban J connectivity index is 1.42. The topological polar surface area (TPSA) is 41.9 Å². The third kappa shape index (κ3) is 3.35. The van der Waals surface area contributed by atoms with E-state index in [1.807, 2.05) is 36.4 Å². The van der Waals surface area contributed by atoms with E-state index in [0.717, 1.165) is 17.5 Å². The zero-order valence-electron chi connectivity index (χ0n) is 22.5. The Hall–Kier alpha value is -4.83. The van der Waals surface area contributed by atoms with Crippen molar-refractivity contribution in [2.75, 3.05) is 4.90 Å². The van der Waals surface area contributed by atoms with Gasteiger partial charge in [-0.2, -0.15) is 9.97 Å². The molecule has 5 aromatic rings. The first-order valence-corrected chi connectivity index (χ1v) is 13.9. The zero-order valence-corrected chi connectivity index (χ0v) is 22.5. The average molecular weight is 517 g/mol. The first kappa shape index (κ1) is 23.1. The van der Waals surface area contributed by atoms with E-state index >= 15 is 0 Å². The molecule has 2 heterocycles. The van der Waals surface area contributed by atoms with E-state index in [1.54, 1.807) is 0 Å². The summed E-state index contributed by atoms with van der Waals surface area (Å²) in [5.41, 5.74) is 11.1. The largest absolute Gasteiger partial charge is 0.302 e. The van der Waals surface area contributed by atoms with Gasteiger partial charge in [0.1, 0.15) is 0 Å². The quantitative estimate of drug-likeness (QED) is 0.243. The van der Waals surface area contributed by atoms with Crippen LogP contribution in [0.5, 0.6) is 0 Å². The van der Waals surface area contributed by atoms with Crippen LogP contribution in [-0.4, -0.2) is 15.0 Å². The highest BCUT2D eigenvalue weighted by molar-refractivity contribution is 5.90. The predicted molar refractivity (Wildman–Crippen MR) is 161 cm³/mol. The van der Waals surface area contributed by atoms with E-state index in [-0.39, 0.29) is 11.5 Å². The van der Waals surface area contributed by atoms with Crippen molar-refractivity contribution in [3.63, 3.8) is 0 Å². The Morgan fingerprint density at radius 2 is 1.27 bits per heavy atom. The van der Waals surface area contributed by atoms with Crippen LogP contribution in [0, 0.1) is 5.41 Å². The van der Waals surface area contributed by atoms with E-state index in [9.17, 15) is 0 Å². The van der Waals surface area contributed by atoms with Gasteiger partial charge in [0.25, 0.3) is 0 Å². The minimum absolute atomic E-state index is 0.0221. The molecule has 4 aromatic carbocycles. The molecule has 0 fully saturated rings. The van der Waals surface area contributed by atoms with Gasteiger partial charge < -0.3 is 4.90 Å². The molecule has 3 aliphatic rings. The molecule has 1 unspecified atom stereocenters. The molecular weight excluding hydrogens is 488 g/mol. The van der Waals surface area contributed by atoms with Crippen molar-refractivity contribution in [2.24, 2.45) is 5.41 Å². The van der Waals surface area contributed by atoms with E-state index in [2.05, 4.69) is 97.6 Å². The normalized spacial score (nSPS) is 18.1. The Morgan fingerprint density at radius 3 is 1.98 bits per heavy atom. The van der Waals surface area contributed by atoms with Crippen LogP contribution in [0.25, 0.3) is 34.4 Å². The van der Waals surface area contributed by atoms with Crippen molar-refractivity contribution in [3.8, 4) is 22.8 Å². The lowest BCUT2D eigenvalue weighted by molar-refractivity contribution is 0.516. The lowest BCUT2D eigenvalue weighted by atomic mass is 9.70. The second-order valence-corrected chi connectivity index (χ2v) is 11.3. The Bertz CT molecular complexity index is 1790. The first-order chi connectivity index (χ1) is 19.6. The fourth-order valence-corrected chi connectivity index (χ4v) is 6.79. The summed E-state index contributed by atoms with van der Waals surface area (Å²) in [4.78, 5) is 17.8. The summed E-state index contributed by atoms with van der Waals surface area (Å²) < 4.78 is 0. The number of fused-ring (bicyclic) bond motifs is 5. The van der Waals surface area contributed by atoms with Crippen LogP contribution in [0.1, 0.15) is 42.1 Å². The van der Waals surface area contributed by atoms with Gasteiger partial charge in [0.15, 0.2) is 11.6 Å². The van der Waals surface area contributed by atoms with Crippen LogP contribution in [0.3, 0.4) is 0 Å². The van der Waals surface area contributed by atoms with Gasteiger partial charge in [-0.1, -0.05) is 129 Å². The number of hydrogen-bond acceptors (Lipinski definition) is 4. The van der Waals surface area contributed by atoms with Crippen molar-refractivity contribution < 1.29 is 0 Å². The Labute approximate surface area is 234 Å². The van der Waals surface area contributed by atoms with Crippen molar-refractivity contribution in [3.05, 3.63) is 143 Å². The van der Waals surface area contributed by atoms with Crippen molar-refractivity contribution in [1.29, 1.82) is 0 Å². The number of rotatable bonds is 3. The molecule has 40 heavy (non-hydrogen) atoms. The number of aromatic nitrogens is 3. The molecule has 0 N–H and O–H groups in total. The Morgan fingerprint density at radius 1 is 0.675 bits per heavy atom. The van der Waals surface area contributed by atoms with Gasteiger partial charge in [-0.05, 0) is 33.4 Å². The number of hydrogen-bond donors (Lipinski definition) is 0. The molecule has 0 radical (unpaired) electrons. The molecule has 1 aliphatic heterocycles. The van der Waals surface area contributed by atoms with Gasteiger partial charge in [0, 0.05) is 28.7 Å². The molecule has 0 saturated heterocycles. The SMILES string of the molecule is CC1(C)C2=Cc3ccccc3C2N(c2nc(-c3ccccc3)nc(-c3ccccc3)n2)C2=C1c1ccccc1C2. The van der Waals surface area contributed by atoms with Gasteiger partial charge in [0.05, 0.1) is 6.04 Å². The zero-order chi connectivity index (χ0) is 26.8. The van der Waals surface area contributed by atoms with Crippen LogP contribution in [0.4, 0.5) is 5.95 Å². The maximum Gasteiger partial charge on any atom is 0.234 e. The average Bonchev–Trinajstić information content (AvgIpc) is 3.59. The summed E-state index contributed by atoms with van der Waals surface area (Å²) in [6, 6.07) is 38.1. The molecule has 0 bridgehead atoms. The fraction of sp³-hybridized carbons (Fsp3) is 0.139. The lowest BCUT2D eigenvalue weighted by Gasteiger charge is -2.45. The second kappa shape index (κ2) is 8.59. The summed E-state index contributed by atoms with van der Waals surface area (Å²) >= 11 is 0. The predicted octanol–water partition coefficient (Wildman–Crippen LogP) is 8.16. The molecule has 0 saturated carbocycles. The molecule has 4 nitrogen and oxygen atoms in total. The van der Waals surface area contributed by atoms with E-state index in [0.29, 0.717) is 17.6 Å². The molecule has 8 rings (SSSR count). The molecular formula is C36H28N4. The van der Waals surface area contributed by atoms with Gasteiger partial charge in [-0.3, -0.25) is 0 Å². The monoisotopic (exact) mass is 516 g/mol. The van der Waals surface area contributed by atoms with Gasteiger partial charge in [-0.15, -0.1) is 0 Å². The lowest BCUT2D eigenvalue weighted by Crippen LogP contribution is -2.40. The third-order valence-electron chi connectivity index (χ3n) is 8.63.